The Morgan fingerprint density at radius 1 is 1.17 bits per heavy atom. The highest BCUT2D eigenvalue weighted by molar-refractivity contribution is 5.95. The largest absolute Gasteiger partial charge is 0.468 e. The second kappa shape index (κ2) is 9.02. The minimum absolute atomic E-state index is 0.0615. The van der Waals surface area contributed by atoms with Crippen molar-refractivity contribution in [2.24, 2.45) is 0 Å². The minimum atomic E-state index is -0.922. The summed E-state index contributed by atoms with van der Waals surface area (Å²) in [5.74, 6) is -1.22. The number of methoxy groups -OCH3 is 2. The number of nitrogens with one attached hydrogen (secondary N) is 2. The number of amides is 1. The molecule has 1 amide bonds. The number of anilines is 1. The van der Waals surface area contributed by atoms with Crippen LogP contribution in [-0.2, 0) is 19.1 Å². The summed E-state index contributed by atoms with van der Waals surface area (Å²) < 4.78 is 9.43. The first-order chi connectivity index (χ1) is 11.4. The zero-order valence-corrected chi connectivity index (χ0v) is 14.5. The van der Waals surface area contributed by atoms with E-state index in [1.807, 2.05) is 6.92 Å². The summed E-state index contributed by atoms with van der Waals surface area (Å²) in [6.07, 6.45) is 1.31. The third-order valence-corrected chi connectivity index (χ3v) is 3.59. The first kappa shape index (κ1) is 19.6. The Bertz CT molecular complexity index is 602. The van der Waals surface area contributed by atoms with Crippen molar-refractivity contribution in [2.45, 2.75) is 32.2 Å². The molecule has 0 unspecified atom stereocenters. The topological polar surface area (TPSA) is 93.7 Å². The van der Waals surface area contributed by atoms with Gasteiger partial charge in [0.25, 0.3) is 0 Å². The summed E-state index contributed by atoms with van der Waals surface area (Å²) in [7, 11) is 2.61. The predicted octanol–water partition coefficient (Wildman–Crippen LogP) is 1.73. The lowest BCUT2D eigenvalue weighted by molar-refractivity contribution is -0.148. The molecule has 1 aromatic carbocycles. The Morgan fingerprint density at radius 2 is 1.88 bits per heavy atom. The Kier molecular flexibility index (Phi) is 7.38. The van der Waals surface area contributed by atoms with Crippen LogP contribution >= 0.6 is 0 Å². The third kappa shape index (κ3) is 5.34. The van der Waals surface area contributed by atoms with Crippen LogP contribution in [0.4, 0.5) is 5.69 Å². The van der Waals surface area contributed by atoms with Crippen molar-refractivity contribution in [3.05, 3.63) is 29.8 Å². The molecule has 0 radical (unpaired) electrons. The molecule has 132 valence electrons. The zero-order valence-electron chi connectivity index (χ0n) is 14.5. The number of esters is 2. The Morgan fingerprint density at radius 3 is 2.46 bits per heavy atom. The lowest BCUT2D eigenvalue weighted by Gasteiger charge is -2.27. The maximum absolute atomic E-state index is 12.1. The van der Waals surface area contributed by atoms with Gasteiger partial charge in [0.1, 0.15) is 5.54 Å². The van der Waals surface area contributed by atoms with Crippen LogP contribution in [-0.4, -0.2) is 44.1 Å². The Balaban J connectivity index is 2.69. The van der Waals surface area contributed by atoms with Crippen molar-refractivity contribution in [1.29, 1.82) is 0 Å². The van der Waals surface area contributed by atoms with Crippen LogP contribution < -0.4 is 10.6 Å². The molecule has 24 heavy (non-hydrogen) atoms. The first-order valence-corrected chi connectivity index (χ1v) is 7.68. The summed E-state index contributed by atoms with van der Waals surface area (Å²) in [4.78, 5) is 35.5. The van der Waals surface area contributed by atoms with E-state index in [2.05, 4.69) is 15.4 Å². The molecule has 2 N–H and O–H groups in total. The fraction of sp³-hybridized carbons (Fsp3) is 0.471. The second-order valence-electron chi connectivity index (χ2n) is 5.55. The molecule has 0 aliphatic heterocycles. The van der Waals surface area contributed by atoms with Gasteiger partial charge in [-0.05, 0) is 31.5 Å². The molecule has 0 saturated heterocycles. The van der Waals surface area contributed by atoms with E-state index in [0.717, 1.165) is 6.42 Å². The van der Waals surface area contributed by atoms with Crippen molar-refractivity contribution < 1.29 is 23.9 Å². The summed E-state index contributed by atoms with van der Waals surface area (Å²) in [6.45, 7) is 3.59. The van der Waals surface area contributed by atoms with Gasteiger partial charge < -0.3 is 14.8 Å². The van der Waals surface area contributed by atoms with E-state index >= 15 is 0 Å². The van der Waals surface area contributed by atoms with E-state index in [1.54, 1.807) is 25.1 Å². The third-order valence-electron chi connectivity index (χ3n) is 3.59. The van der Waals surface area contributed by atoms with Gasteiger partial charge in [-0.15, -0.1) is 0 Å². The molecule has 1 rings (SSSR count). The SMILES string of the molecule is CCC[C@@](C)(NCC(=O)Nc1cccc(C(=O)OC)c1)C(=O)OC. The molecule has 0 aromatic heterocycles. The van der Waals surface area contributed by atoms with E-state index in [1.165, 1.54) is 20.3 Å². The summed E-state index contributed by atoms with van der Waals surface area (Å²) >= 11 is 0. The maximum Gasteiger partial charge on any atom is 0.337 e. The number of carbonyl (C=O) groups is 3. The molecule has 0 saturated carbocycles. The van der Waals surface area contributed by atoms with Crippen LogP contribution in [0.5, 0.6) is 0 Å². The molecule has 0 aliphatic carbocycles. The number of rotatable bonds is 8. The highest BCUT2D eigenvalue weighted by Gasteiger charge is 2.33. The van der Waals surface area contributed by atoms with E-state index in [-0.39, 0.29) is 12.5 Å². The molecular formula is C17H24N2O5. The normalized spacial score (nSPS) is 12.8. The van der Waals surface area contributed by atoms with Gasteiger partial charge in [0.15, 0.2) is 0 Å². The van der Waals surface area contributed by atoms with E-state index in [4.69, 9.17) is 4.74 Å². The lowest BCUT2D eigenvalue weighted by Crippen LogP contribution is -2.52. The molecule has 0 bridgehead atoms. The summed E-state index contributed by atoms with van der Waals surface area (Å²) in [6, 6.07) is 6.42. The van der Waals surface area contributed by atoms with Gasteiger partial charge in [0.05, 0.1) is 26.3 Å². The molecule has 0 aliphatic rings. The monoisotopic (exact) mass is 336 g/mol. The van der Waals surface area contributed by atoms with Crippen molar-refractivity contribution in [3.63, 3.8) is 0 Å². The Hall–Kier alpha value is -2.41. The lowest BCUT2D eigenvalue weighted by atomic mass is 9.96. The number of hydrogen-bond acceptors (Lipinski definition) is 6. The van der Waals surface area contributed by atoms with Gasteiger partial charge in [-0.1, -0.05) is 19.4 Å². The van der Waals surface area contributed by atoms with Crippen LogP contribution in [0, 0.1) is 0 Å². The van der Waals surface area contributed by atoms with Gasteiger partial charge in [-0.2, -0.15) is 0 Å². The fourth-order valence-electron chi connectivity index (χ4n) is 2.31. The van der Waals surface area contributed by atoms with Gasteiger partial charge in [-0.3, -0.25) is 14.9 Å². The van der Waals surface area contributed by atoms with Crippen molar-refractivity contribution in [3.8, 4) is 0 Å². The van der Waals surface area contributed by atoms with Crippen molar-refractivity contribution in [1.82, 2.24) is 5.32 Å². The molecule has 7 heteroatoms. The molecule has 0 heterocycles. The van der Waals surface area contributed by atoms with Crippen LogP contribution in [0.1, 0.15) is 37.0 Å². The van der Waals surface area contributed by atoms with Gasteiger partial charge in [-0.25, -0.2) is 4.79 Å². The van der Waals surface area contributed by atoms with Crippen LogP contribution in [0.15, 0.2) is 24.3 Å². The van der Waals surface area contributed by atoms with E-state index in [0.29, 0.717) is 17.7 Å². The van der Waals surface area contributed by atoms with Crippen LogP contribution in [0.2, 0.25) is 0 Å². The second-order valence-corrected chi connectivity index (χ2v) is 5.55. The molecule has 7 nitrogen and oxygen atoms in total. The van der Waals surface area contributed by atoms with Crippen LogP contribution in [0.25, 0.3) is 0 Å². The summed E-state index contributed by atoms with van der Waals surface area (Å²) in [5.41, 5.74) is -0.108. The van der Waals surface area contributed by atoms with Crippen LogP contribution in [0.3, 0.4) is 0 Å². The number of ether oxygens (including phenoxy) is 2. The number of hydrogen-bond donors (Lipinski definition) is 2. The molecule has 0 fully saturated rings. The summed E-state index contributed by atoms with van der Waals surface area (Å²) in [5, 5.41) is 5.61. The average molecular weight is 336 g/mol. The van der Waals surface area contributed by atoms with Gasteiger partial charge >= 0.3 is 11.9 Å². The molecular weight excluding hydrogens is 312 g/mol. The van der Waals surface area contributed by atoms with Gasteiger partial charge in [0, 0.05) is 5.69 Å². The number of benzene rings is 1. The van der Waals surface area contributed by atoms with Gasteiger partial charge in [0.2, 0.25) is 5.91 Å². The minimum Gasteiger partial charge on any atom is -0.468 e. The highest BCUT2D eigenvalue weighted by Crippen LogP contribution is 2.15. The Labute approximate surface area is 141 Å². The van der Waals surface area contributed by atoms with Crippen molar-refractivity contribution in [2.75, 3.05) is 26.1 Å². The molecule has 0 spiro atoms. The van der Waals surface area contributed by atoms with Crippen molar-refractivity contribution >= 4 is 23.5 Å². The zero-order chi connectivity index (χ0) is 18.2. The standard InChI is InChI=1S/C17H24N2O5/c1-5-9-17(2,16(22)24-4)18-11-14(20)19-13-8-6-7-12(10-13)15(21)23-3/h6-8,10,18H,5,9,11H2,1-4H3,(H,19,20)/t17-/m1/s1. The predicted molar refractivity (Wildman–Crippen MR) is 89.7 cm³/mol. The highest BCUT2D eigenvalue weighted by atomic mass is 16.5. The number of carbonyl (C=O) groups excluding carboxylic acids is 3. The molecule has 1 aromatic rings. The quantitative estimate of drug-likeness (QED) is 0.702. The maximum atomic E-state index is 12.1. The molecule has 1 atom stereocenters. The average Bonchev–Trinajstić information content (AvgIpc) is 2.59. The smallest absolute Gasteiger partial charge is 0.337 e. The first-order valence-electron chi connectivity index (χ1n) is 7.68. The van der Waals surface area contributed by atoms with E-state index in [9.17, 15) is 14.4 Å². The van der Waals surface area contributed by atoms with E-state index < -0.39 is 17.5 Å². The fourth-order valence-corrected chi connectivity index (χ4v) is 2.31.